The molecule has 2 aliphatic rings. The van der Waals surface area contributed by atoms with Gasteiger partial charge in [0.25, 0.3) is 0 Å². The monoisotopic (exact) mass is 154 g/mol. The minimum Gasteiger partial charge on any atom is -0.328 e. The summed E-state index contributed by atoms with van der Waals surface area (Å²) in [6, 6.07) is 0.480. The van der Waals surface area contributed by atoms with Gasteiger partial charge in [-0.25, -0.2) is 0 Å². The molecule has 2 fully saturated rings. The summed E-state index contributed by atoms with van der Waals surface area (Å²) < 4.78 is 0. The van der Waals surface area contributed by atoms with Gasteiger partial charge in [-0.1, -0.05) is 0 Å². The third-order valence-corrected chi connectivity index (χ3v) is 3.28. The molecule has 0 amide bonds. The fourth-order valence-electron chi connectivity index (χ4n) is 1.94. The second-order valence-electron chi connectivity index (χ2n) is 4.32. The molecule has 2 nitrogen and oxygen atoms in total. The first kappa shape index (κ1) is 7.56. The lowest BCUT2D eigenvalue weighted by Gasteiger charge is -2.35. The van der Waals surface area contributed by atoms with E-state index >= 15 is 0 Å². The van der Waals surface area contributed by atoms with Crippen LogP contribution < -0.4 is 5.73 Å². The number of hydrogen-bond acceptors (Lipinski definition) is 2. The molecule has 0 spiro atoms. The van der Waals surface area contributed by atoms with Crippen LogP contribution in [0.5, 0.6) is 0 Å². The van der Waals surface area contributed by atoms with Gasteiger partial charge < -0.3 is 5.73 Å². The summed E-state index contributed by atoms with van der Waals surface area (Å²) in [7, 11) is 0. The third kappa shape index (κ3) is 1.42. The fourth-order valence-corrected chi connectivity index (χ4v) is 1.94. The first-order chi connectivity index (χ1) is 5.21. The van der Waals surface area contributed by atoms with Gasteiger partial charge in [-0.05, 0) is 32.6 Å². The van der Waals surface area contributed by atoms with Crippen LogP contribution in [0.2, 0.25) is 0 Å². The molecule has 1 aliphatic heterocycles. The second-order valence-corrected chi connectivity index (χ2v) is 4.32. The van der Waals surface area contributed by atoms with Gasteiger partial charge in [0, 0.05) is 24.7 Å². The molecule has 1 aliphatic carbocycles. The van der Waals surface area contributed by atoms with Crippen molar-refractivity contribution in [2.24, 2.45) is 5.73 Å². The Bertz CT molecular complexity index is 144. The molecule has 0 bridgehead atoms. The maximum atomic E-state index is 5.83. The number of nitrogens with two attached hydrogens (primary N) is 1. The van der Waals surface area contributed by atoms with Gasteiger partial charge in [0.05, 0.1) is 0 Å². The molecular weight excluding hydrogens is 136 g/mol. The Morgan fingerprint density at radius 2 is 1.82 bits per heavy atom. The smallest absolute Gasteiger partial charge is 0.0182 e. The summed E-state index contributed by atoms with van der Waals surface area (Å²) in [4.78, 5) is 2.62. The molecule has 0 aromatic heterocycles. The highest BCUT2D eigenvalue weighted by atomic mass is 15.2. The van der Waals surface area contributed by atoms with Crippen LogP contribution in [0.4, 0.5) is 0 Å². The lowest BCUT2D eigenvalue weighted by Crippen LogP contribution is -2.45. The average Bonchev–Trinajstić information content (AvgIpc) is 2.70. The molecule has 2 N–H and O–H groups in total. The molecule has 0 atom stereocenters. The van der Waals surface area contributed by atoms with Crippen LogP contribution in [0.15, 0.2) is 0 Å². The fraction of sp³-hybridized carbons (Fsp3) is 1.00. The molecule has 1 heterocycles. The van der Waals surface area contributed by atoms with Crippen LogP contribution in [-0.2, 0) is 0 Å². The van der Waals surface area contributed by atoms with E-state index in [0.29, 0.717) is 11.6 Å². The molecule has 1 saturated heterocycles. The lowest BCUT2D eigenvalue weighted by molar-refractivity contribution is 0.147. The normalized spacial score (nSPS) is 32.2. The zero-order chi connectivity index (χ0) is 7.90. The van der Waals surface area contributed by atoms with Gasteiger partial charge in [0.1, 0.15) is 0 Å². The van der Waals surface area contributed by atoms with Crippen LogP contribution in [0, 0.1) is 0 Å². The van der Waals surface area contributed by atoms with Gasteiger partial charge in [-0.15, -0.1) is 0 Å². The van der Waals surface area contributed by atoms with Crippen molar-refractivity contribution in [3.8, 4) is 0 Å². The van der Waals surface area contributed by atoms with E-state index in [2.05, 4.69) is 11.8 Å². The Kier molecular flexibility index (Phi) is 1.69. The van der Waals surface area contributed by atoms with Crippen molar-refractivity contribution in [3.63, 3.8) is 0 Å². The van der Waals surface area contributed by atoms with E-state index < -0.39 is 0 Å². The van der Waals surface area contributed by atoms with E-state index in [1.54, 1.807) is 0 Å². The van der Waals surface area contributed by atoms with Crippen molar-refractivity contribution in [1.82, 2.24) is 4.90 Å². The van der Waals surface area contributed by atoms with E-state index in [4.69, 9.17) is 5.73 Å². The summed E-state index contributed by atoms with van der Waals surface area (Å²) in [5.74, 6) is 0. The molecule has 64 valence electrons. The first-order valence-electron chi connectivity index (χ1n) is 4.71. The van der Waals surface area contributed by atoms with Crippen molar-refractivity contribution in [2.45, 2.75) is 44.2 Å². The van der Waals surface area contributed by atoms with Crippen molar-refractivity contribution < 1.29 is 0 Å². The van der Waals surface area contributed by atoms with E-state index in [1.807, 2.05) is 0 Å². The van der Waals surface area contributed by atoms with Crippen LogP contribution in [-0.4, -0.2) is 29.6 Å². The summed E-state index contributed by atoms with van der Waals surface area (Å²) >= 11 is 0. The molecule has 1 saturated carbocycles. The van der Waals surface area contributed by atoms with Crippen LogP contribution in [0.25, 0.3) is 0 Å². The van der Waals surface area contributed by atoms with Gasteiger partial charge >= 0.3 is 0 Å². The van der Waals surface area contributed by atoms with Gasteiger partial charge in [0.2, 0.25) is 0 Å². The maximum absolute atomic E-state index is 5.83. The molecule has 0 aromatic rings. The van der Waals surface area contributed by atoms with E-state index in [-0.39, 0.29) is 0 Å². The Morgan fingerprint density at radius 1 is 1.27 bits per heavy atom. The first-order valence-corrected chi connectivity index (χ1v) is 4.71. The van der Waals surface area contributed by atoms with Crippen LogP contribution >= 0.6 is 0 Å². The quantitative estimate of drug-likeness (QED) is 0.609. The van der Waals surface area contributed by atoms with Crippen molar-refractivity contribution in [2.75, 3.05) is 13.1 Å². The minimum atomic E-state index is 0.480. The van der Waals surface area contributed by atoms with Gasteiger partial charge in [-0.2, -0.15) is 0 Å². The highest BCUT2D eigenvalue weighted by molar-refractivity contribution is 5.01. The Hall–Kier alpha value is -0.0800. The number of piperidine rings is 1. The second kappa shape index (κ2) is 2.46. The zero-order valence-corrected chi connectivity index (χ0v) is 7.34. The molecular formula is C9H18N2. The summed E-state index contributed by atoms with van der Waals surface area (Å²) in [6.45, 7) is 4.85. The Balaban J connectivity index is 1.87. The average molecular weight is 154 g/mol. The molecule has 2 heteroatoms. The SMILES string of the molecule is CC1(N2CCC(N)CC2)CC1. The largest absolute Gasteiger partial charge is 0.328 e. The standard InChI is InChI=1S/C9H18N2/c1-9(4-5-9)11-6-2-8(10)3-7-11/h8H,2-7,10H2,1H3. The lowest BCUT2D eigenvalue weighted by atomic mass is 10.0. The van der Waals surface area contributed by atoms with Crippen molar-refractivity contribution in [3.05, 3.63) is 0 Å². The van der Waals surface area contributed by atoms with Crippen LogP contribution in [0.3, 0.4) is 0 Å². The minimum absolute atomic E-state index is 0.480. The van der Waals surface area contributed by atoms with Crippen molar-refractivity contribution in [1.29, 1.82) is 0 Å². The number of nitrogens with zero attached hydrogens (tertiary/aromatic N) is 1. The highest BCUT2D eigenvalue weighted by Gasteiger charge is 2.43. The maximum Gasteiger partial charge on any atom is 0.0182 e. The highest BCUT2D eigenvalue weighted by Crippen LogP contribution is 2.42. The number of likely N-dealkylation sites (tertiary alicyclic amines) is 1. The predicted octanol–water partition coefficient (Wildman–Crippen LogP) is 0.962. The van der Waals surface area contributed by atoms with Gasteiger partial charge in [-0.3, -0.25) is 4.90 Å². The van der Waals surface area contributed by atoms with Crippen LogP contribution in [0.1, 0.15) is 32.6 Å². The molecule has 0 aromatic carbocycles. The molecule has 2 rings (SSSR count). The summed E-state index contributed by atoms with van der Waals surface area (Å²) in [5, 5.41) is 0. The zero-order valence-electron chi connectivity index (χ0n) is 7.34. The number of hydrogen-bond donors (Lipinski definition) is 1. The van der Waals surface area contributed by atoms with Gasteiger partial charge in [0.15, 0.2) is 0 Å². The summed E-state index contributed by atoms with van der Waals surface area (Å²) in [6.07, 6.45) is 5.22. The van der Waals surface area contributed by atoms with Crippen molar-refractivity contribution >= 4 is 0 Å². The molecule has 11 heavy (non-hydrogen) atoms. The third-order valence-electron chi connectivity index (χ3n) is 3.28. The topological polar surface area (TPSA) is 29.3 Å². The summed E-state index contributed by atoms with van der Waals surface area (Å²) in [5.41, 5.74) is 6.42. The Labute approximate surface area is 68.7 Å². The van der Waals surface area contributed by atoms with E-state index in [0.717, 1.165) is 0 Å². The predicted molar refractivity (Wildman–Crippen MR) is 46.4 cm³/mol. The van der Waals surface area contributed by atoms with E-state index in [9.17, 15) is 0 Å². The molecule has 0 radical (unpaired) electrons. The Morgan fingerprint density at radius 3 is 2.27 bits per heavy atom. The number of rotatable bonds is 1. The molecule has 0 unspecified atom stereocenters. The van der Waals surface area contributed by atoms with E-state index in [1.165, 1.54) is 38.8 Å².